The SMILES string of the molecule is CC(C)Cc1cc(C(=O)NCc2cccnc2N2CCC[C@H](O)C2)on1. The predicted octanol–water partition coefficient (Wildman–Crippen LogP) is 2.16. The Balaban J connectivity index is 1.64. The first-order valence-electron chi connectivity index (χ1n) is 9.13. The lowest BCUT2D eigenvalue weighted by Gasteiger charge is -2.32. The number of pyridine rings is 1. The number of hydrogen-bond acceptors (Lipinski definition) is 6. The Morgan fingerprint density at radius 3 is 3.12 bits per heavy atom. The average molecular weight is 358 g/mol. The second kappa shape index (κ2) is 8.31. The number of amides is 1. The fourth-order valence-corrected chi connectivity index (χ4v) is 3.20. The van der Waals surface area contributed by atoms with Crippen molar-refractivity contribution in [2.75, 3.05) is 18.0 Å². The van der Waals surface area contributed by atoms with Crippen LogP contribution in [0, 0.1) is 5.92 Å². The lowest BCUT2D eigenvalue weighted by Crippen LogP contribution is -2.39. The van der Waals surface area contributed by atoms with Crippen LogP contribution < -0.4 is 10.2 Å². The number of nitrogens with zero attached hydrogens (tertiary/aromatic N) is 3. The van der Waals surface area contributed by atoms with Gasteiger partial charge in [-0.2, -0.15) is 0 Å². The normalized spacial score (nSPS) is 17.5. The summed E-state index contributed by atoms with van der Waals surface area (Å²) in [6, 6.07) is 5.48. The molecule has 0 saturated carbocycles. The molecule has 1 saturated heterocycles. The van der Waals surface area contributed by atoms with Crippen LogP contribution in [0.15, 0.2) is 28.9 Å². The van der Waals surface area contributed by atoms with E-state index in [1.165, 1.54) is 0 Å². The van der Waals surface area contributed by atoms with Crippen molar-refractivity contribution in [3.05, 3.63) is 41.4 Å². The Bertz CT molecular complexity index is 744. The summed E-state index contributed by atoms with van der Waals surface area (Å²) in [6.07, 6.45) is 3.93. The van der Waals surface area contributed by atoms with Gasteiger partial charge >= 0.3 is 0 Å². The molecule has 1 fully saturated rings. The maximum atomic E-state index is 12.3. The molecule has 1 amide bonds. The summed E-state index contributed by atoms with van der Waals surface area (Å²) in [5.41, 5.74) is 1.70. The molecule has 0 unspecified atom stereocenters. The number of nitrogens with one attached hydrogen (secondary N) is 1. The van der Waals surface area contributed by atoms with Crippen LogP contribution in [0.25, 0.3) is 0 Å². The van der Waals surface area contributed by atoms with E-state index in [-0.39, 0.29) is 17.8 Å². The molecule has 7 heteroatoms. The van der Waals surface area contributed by atoms with Crippen LogP contribution >= 0.6 is 0 Å². The first-order valence-corrected chi connectivity index (χ1v) is 9.13. The summed E-state index contributed by atoms with van der Waals surface area (Å²) in [6.45, 7) is 5.95. The van der Waals surface area contributed by atoms with Gasteiger partial charge in [0.1, 0.15) is 5.82 Å². The Kier molecular flexibility index (Phi) is 5.88. The van der Waals surface area contributed by atoms with Gasteiger partial charge in [0.15, 0.2) is 0 Å². The average Bonchev–Trinajstić information content (AvgIpc) is 3.08. The third-order valence-corrected chi connectivity index (χ3v) is 4.40. The molecule has 3 rings (SSSR count). The van der Waals surface area contributed by atoms with Gasteiger partial charge in [0, 0.05) is 37.5 Å². The number of aliphatic hydroxyl groups is 1. The third kappa shape index (κ3) is 4.60. The number of piperidine rings is 1. The summed E-state index contributed by atoms with van der Waals surface area (Å²) in [5.74, 6) is 1.19. The number of anilines is 1. The van der Waals surface area contributed by atoms with Gasteiger partial charge < -0.3 is 19.8 Å². The lowest BCUT2D eigenvalue weighted by atomic mass is 10.1. The quantitative estimate of drug-likeness (QED) is 0.822. The minimum Gasteiger partial charge on any atom is -0.391 e. The van der Waals surface area contributed by atoms with Gasteiger partial charge in [0.2, 0.25) is 5.76 Å². The molecular weight excluding hydrogens is 332 g/mol. The zero-order chi connectivity index (χ0) is 18.5. The Morgan fingerprint density at radius 1 is 1.50 bits per heavy atom. The predicted molar refractivity (Wildman–Crippen MR) is 97.9 cm³/mol. The molecular formula is C19H26N4O3. The van der Waals surface area contributed by atoms with E-state index in [0.717, 1.165) is 42.9 Å². The monoisotopic (exact) mass is 358 g/mol. The van der Waals surface area contributed by atoms with E-state index in [0.29, 0.717) is 19.0 Å². The van der Waals surface area contributed by atoms with Gasteiger partial charge in [-0.25, -0.2) is 4.98 Å². The Hall–Kier alpha value is -2.41. The van der Waals surface area contributed by atoms with Crippen LogP contribution in [0.5, 0.6) is 0 Å². The summed E-state index contributed by atoms with van der Waals surface area (Å²) in [4.78, 5) is 18.9. The number of aliphatic hydroxyl groups excluding tert-OH is 1. The van der Waals surface area contributed by atoms with E-state index in [9.17, 15) is 9.90 Å². The molecule has 7 nitrogen and oxygen atoms in total. The molecule has 2 aromatic heterocycles. The smallest absolute Gasteiger partial charge is 0.290 e. The van der Waals surface area contributed by atoms with Crippen molar-refractivity contribution >= 4 is 11.7 Å². The summed E-state index contributed by atoms with van der Waals surface area (Å²) < 4.78 is 5.16. The highest BCUT2D eigenvalue weighted by Crippen LogP contribution is 2.22. The summed E-state index contributed by atoms with van der Waals surface area (Å²) in [7, 11) is 0. The summed E-state index contributed by atoms with van der Waals surface area (Å²) in [5, 5.41) is 16.7. The highest BCUT2D eigenvalue weighted by atomic mass is 16.5. The van der Waals surface area contributed by atoms with Gasteiger partial charge in [-0.05, 0) is 31.2 Å². The van der Waals surface area contributed by atoms with Crippen molar-refractivity contribution in [3.8, 4) is 0 Å². The van der Waals surface area contributed by atoms with Gasteiger partial charge in [-0.15, -0.1) is 0 Å². The molecule has 1 aliphatic rings. The molecule has 1 atom stereocenters. The molecule has 3 heterocycles. The second-order valence-corrected chi connectivity index (χ2v) is 7.19. The molecule has 26 heavy (non-hydrogen) atoms. The van der Waals surface area contributed by atoms with Crippen LogP contribution in [0.1, 0.15) is 48.5 Å². The van der Waals surface area contributed by atoms with Crippen molar-refractivity contribution < 1.29 is 14.4 Å². The maximum Gasteiger partial charge on any atom is 0.290 e. The molecule has 0 aliphatic carbocycles. The van der Waals surface area contributed by atoms with E-state index in [4.69, 9.17) is 4.52 Å². The number of rotatable bonds is 6. The van der Waals surface area contributed by atoms with Crippen LogP contribution in [0.4, 0.5) is 5.82 Å². The van der Waals surface area contributed by atoms with E-state index in [1.54, 1.807) is 12.3 Å². The molecule has 0 bridgehead atoms. The fourth-order valence-electron chi connectivity index (χ4n) is 3.20. The van der Waals surface area contributed by atoms with Crippen molar-refractivity contribution in [1.82, 2.24) is 15.5 Å². The zero-order valence-corrected chi connectivity index (χ0v) is 15.3. The largest absolute Gasteiger partial charge is 0.391 e. The molecule has 0 spiro atoms. The Labute approximate surface area is 153 Å². The minimum absolute atomic E-state index is 0.222. The van der Waals surface area contributed by atoms with Crippen LogP contribution in [0.2, 0.25) is 0 Å². The molecule has 2 N–H and O–H groups in total. The zero-order valence-electron chi connectivity index (χ0n) is 15.3. The third-order valence-electron chi connectivity index (χ3n) is 4.40. The van der Waals surface area contributed by atoms with Gasteiger partial charge in [0.25, 0.3) is 5.91 Å². The summed E-state index contributed by atoms with van der Waals surface area (Å²) >= 11 is 0. The van der Waals surface area contributed by atoms with Crippen molar-refractivity contribution in [1.29, 1.82) is 0 Å². The lowest BCUT2D eigenvalue weighted by molar-refractivity contribution is 0.0913. The van der Waals surface area contributed by atoms with Crippen LogP contribution in [0.3, 0.4) is 0 Å². The molecule has 2 aromatic rings. The highest BCUT2D eigenvalue weighted by molar-refractivity contribution is 5.91. The first kappa shape index (κ1) is 18.4. The van der Waals surface area contributed by atoms with Gasteiger partial charge in [0.05, 0.1) is 11.8 Å². The van der Waals surface area contributed by atoms with Crippen LogP contribution in [-0.2, 0) is 13.0 Å². The number of carbonyl (C=O) groups excluding carboxylic acids is 1. The van der Waals surface area contributed by atoms with Gasteiger partial charge in [-0.1, -0.05) is 25.1 Å². The molecule has 140 valence electrons. The fraction of sp³-hybridized carbons (Fsp3) is 0.526. The van der Waals surface area contributed by atoms with E-state index in [1.807, 2.05) is 12.1 Å². The van der Waals surface area contributed by atoms with Crippen LogP contribution in [-0.4, -0.2) is 40.3 Å². The highest BCUT2D eigenvalue weighted by Gasteiger charge is 2.21. The molecule has 0 radical (unpaired) electrons. The number of aromatic nitrogens is 2. The van der Waals surface area contributed by atoms with Crippen molar-refractivity contribution in [2.45, 2.75) is 45.8 Å². The molecule has 1 aliphatic heterocycles. The van der Waals surface area contributed by atoms with Crippen molar-refractivity contribution in [2.24, 2.45) is 5.92 Å². The Morgan fingerprint density at radius 2 is 2.35 bits per heavy atom. The number of carbonyl (C=O) groups is 1. The topological polar surface area (TPSA) is 91.5 Å². The minimum atomic E-state index is -0.332. The van der Waals surface area contributed by atoms with Crippen molar-refractivity contribution in [3.63, 3.8) is 0 Å². The van der Waals surface area contributed by atoms with E-state index in [2.05, 4.69) is 34.2 Å². The number of β-amino-alcohol motifs (C(OH)–C–C–N with tert-alkyl or cyclic N) is 1. The standard InChI is InChI=1S/C19H26N4O3/c1-13(2)9-15-10-17(26-22-15)19(25)21-11-14-5-3-7-20-18(14)23-8-4-6-16(24)12-23/h3,5,7,10,13,16,24H,4,6,8-9,11-12H2,1-2H3,(H,21,25)/t16-/m0/s1. The number of hydrogen-bond donors (Lipinski definition) is 2. The molecule has 0 aromatic carbocycles. The first-order chi connectivity index (χ1) is 12.5. The van der Waals surface area contributed by atoms with E-state index >= 15 is 0 Å². The second-order valence-electron chi connectivity index (χ2n) is 7.19. The maximum absolute atomic E-state index is 12.3. The van der Waals surface area contributed by atoms with E-state index < -0.39 is 0 Å². The van der Waals surface area contributed by atoms with Gasteiger partial charge in [-0.3, -0.25) is 4.79 Å².